The van der Waals surface area contributed by atoms with Crippen LogP contribution in [0.5, 0.6) is 0 Å². The number of nitrogens with zero attached hydrogens (tertiary/aromatic N) is 1. The Hall–Kier alpha value is -2.85. The third kappa shape index (κ3) is 3.17. The summed E-state index contributed by atoms with van der Waals surface area (Å²) in [5, 5.41) is 9.75. The van der Waals surface area contributed by atoms with Crippen LogP contribution in [0.4, 0.5) is 5.82 Å². The van der Waals surface area contributed by atoms with Crippen molar-refractivity contribution in [1.29, 1.82) is 0 Å². The zero-order valence-corrected chi connectivity index (χ0v) is 12.8. The average molecular weight is 325 g/mol. The van der Waals surface area contributed by atoms with Crippen LogP contribution in [0.2, 0.25) is 5.02 Å². The number of rotatable bonds is 3. The van der Waals surface area contributed by atoms with E-state index in [0.717, 1.165) is 22.3 Å². The number of carboxylic acid groups (broad SMARTS) is 1. The number of nitrogen functional groups attached to an aromatic ring is 1. The Kier molecular flexibility index (Phi) is 4.00. The number of aromatic carboxylic acids is 1. The second-order valence-electron chi connectivity index (χ2n) is 5.05. The quantitative estimate of drug-likeness (QED) is 0.751. The Bertz CT molecular complexity index is 876. The lowest BCUT2D eigenvalue weighted by Crippen LogP contribution is -1.97. The molecule has 4 nitrogen and oxygen atoms in total. The second kappa shape index (κ2) is 6.10. The van der Waals surface area contributed by atoms with E-state index >= 15 is 0 Å². The third-order valence-corrected chi connectivity index (χ3v) is 3.77. The highest BCUT2D eigenvalue weighted by atomic mass is 35.5. The van der Waals surface area contributed by atoms with Gasteiger partial charge in [-0.05, 0) is 41.5 Å². The molecule has 0 bridgehead atoms. The van der Waals surface area contributed by atoms with E-state index in [-0.39, 0.29) is 5.56 Å². The zero-order valence-electron chi connectivity index (χ0n) is 12.0. The van der Waals surface area contributed by atoms with Crippen molar-refractivity contribution >= 4 is 23.4 Å². The van der Waals surface area contributed by atoms with Crippen LogP contribution in [-0.4, -0.2) is 16.1 Å². The smallest absolute Gasteiger partial charge is 0.335 e. The summed E-state index contributed by atoms with van der Waals surface area (Å²) in [5.74, 6) is -0.557. The first-order chi connectivity index (χ1) is 11.0. The number of carboxylic acids is 1. The van der Waals surface area contributed by atoms with E-state index in [1.54, 1.807) is 36.5 Å². The molecule has 0 radical (unpaired) electrons. The molecule has 3 rings (SSSR count). The van der Waals surface area contributed by atoms with Crippen LogP contribution in [0.25, 0.3) is 22.3 Å². The molecule has 114 valence electrons. The standard InChI is InChI=1S/C18H13ClN2O2/c19-15-6-4-11(5-7-15)16-9-14(10-21-17(16)20)12-2-1-3-13(8-12)18(22)23/h1-10H,(H2,20,21)(H,22,23). The minimum absolute atomic E-state index is 0.229. The van der Waals surface area contributed by atoms with Gasteiger partial charge in [0.05, 0.1) is 5.56 Å². The minimum Gasteiger partial charge on any atom is -0.478 e. The molecule has 1 heterocycles. The van der Waals surface area contributed by atoms with Crippen LogP contribution in [0.3, 0.4) is 0 Å². The Morgan fingerprint density at radius 2 is 1.74 bits per heavy atom. The fraction of sp³-hybridized carbons (Fsp3) is 0. The normalized spacial score (nSPS) is 10.5. The second-order valence-corrected chi connectivity index (χ2v) is 5.49. The van der Waals surface area contributed by atoms with Gasteiger partial charge in [-0.3, -0.25) is 0 Å². The number of hydrogen-bond acceptors (Lipinski definition) is 3. The molecule has 0 spiro atoms. The first-order valence-corrected chi connectivity index (χ1v) is 7.27. The lowest BCUT2D eigenvalue weighted by atomic mass is 10.00. The molecule has 2 aromatic carbocycles. The number of nitrogens with two attached hydrogens (primary N) is 1. The van der Waals surface area contributed by atoms with Crippen LogP contribution in [0.1, 0.15) is 10.4 Å². The predicted molar refractivity (Wildman–Crippen MR) is 91.5 cm³/mol. The third-order valence-electron chi connectivity index (χ3n) is 3.52. The lowest BCUT2D eigenvalue weighted by molar-refractivity contribution is 0.0697. The number of carbonyl (C=O) groups is 1. The van der Waals surface area contributed by atoms with Crippen molar-refractivity contribution in [2.75, 3.05) is 5.73 Å². The topological polar surface area (TPSA) is 76.2 Å². The van der Waals surface area contributed by atoms with Crippen LogP contribution in [0, 0.1) is 0 Å². The van der Waals surface area contributed by atoms with Crippen LogP contribution < -0.4 is 5.73 Å². The SMILES string of the molecule is Nc1ncc(-c2cccc(C(=O)O)c2)cc1-c1ccc(Cl)cc1. The minimum atomic E-state index is -0.965. The largest absolute Gasteiger partial charge is 0.478 e. The molecular weight excluding hydrogens is 312 g/mol. The molecule has 3 N–H and O–H groups in total. The van der Waals surface area contributed by atoms with Crippen molar-refractivity contribution in [2.24, 2.45) is 0 Å². The summed E-state index contributed by atoms with van der Waals surface area (Å²) in [5.41, 5.74) is 9.45. The number of aromatic nitrogens is 1. The van der Waals surface area contributed by atoms with E-state index in [0.29, 0.717) is 10.8 Å². The molecule has 1 aromatic heterocycles. The summed E-state index contributed by atoms with van der Waals surface area (Å²) < 4.78 is 0. The van der Waals surface area contributed by atoms with Crippen molar-refractivity contribution in [3.05, 3.63) is 71.4 Å². The number of benzene rings is 2. The molecule has 0 aliphatic carbocycles. The molecule has 0 aliphatic rings. The molecule has 0 atom stereocenters. The number of pyridine rings is 1. The summed E-state index contributed by atoms with van der Waals surface area (Å²) in [4.78, 5) is 15.3. The van der Waals surface area contributed by atoms with Gasteiger partial charge in [0.1, 0.15) is 5.82 Å². The number of halogens is 1. The van der Waals surface area contributed by atoms with Gasteiger partial charge in [0.15, 0.2) is 0 Å². The monoisotopic (exact) mass is 324 g/mol. The van der Waals surface area contributed by atoms with Crippen LogP contribution >= 0.6 is 11.6 Å². The van der Waals surface area contributed by atoms with E-state index in [2.05, 4.69) is 4.98 Å². The number of anilines is 1. The van der Waals surface area contributed by atoms with E-state index in [1.165, 1.54) is 0 Å². The first-order valence-electron chi connectivity index (χ1n) is 6.90. The highest BCUT2D eigenvalue weighted by Gasteiger charge is 2.09. The fourth-order valence-electron chi connectivity index (χ4n) is 2.33. The van der Waals surface area contributed by atoms with Gasteiger partial charge in [-0.1, -0.05) is 35.9 Å². The van der Waals surface area contributed by atoms with Crippen molar-refractivity contribution in [3.63, 3.8) is 0 Å². The summed E-state index contributed by atoms with van der Waals surface area (Å²) >= 11 is 5.91. The predicted octanol–water partition coefficient (Wildman–Crippen LogP) is 4.35. The summed E-state index contributed by atoms with van der Waals surface area (Å²) in [7, 11) is 0. The summed E-state index contributed by atoms with van der Waals surface area (Å²) in [6.45, 7) is 0. The fourth-order valence-corrected chi connectivity index (χ4v) is 2.45. The zero-order chi connectivity index (χ0) is 16.4. The number of hydrogen-bond donors (Lipinski definition) is 2. The molecule has 0 fully saturated rings. The molecule has 0 saturated carbocycles. The highest BCUT2D eigenvalue weighted by Crippen LogP contribution is 2.30. The maximum atomic E-state index is 11.1. The Morgan fingerprint density at radius 3 is 2.43 bits per heavy atom. The van der Waals surface area contributed by atoms with Gasteiger partial charge in [-0.25, -0.2) is 9.78 Å². The van der Waals surface area contributed by atoms with Crippen LogP contribution in [0.15, 0.2) is 60.8 Å². The maximum Gasteiger partial charge on any atom is 0.335 e. The van der Waals surface area contributed by atoms with Gasteiger partial charge in [0, 0.05) is 22.3 Å². The molecule has 0 aliphatic heterocycles. The van der Waals surface area contributed by atoms with Crippen LogP contribution in [-0.2, 0) is 0 Å². The molecular formula is C18H13ClN2O2. The Labute approximate surface area is 138 Å². The van der Waals surface area contributed by atoms with Gasteiger partial charge in [-0.2, -0.15) is 0 Å². The van der Waals surface area contributed by atoms with Crippen molar-refractivity contribution < 1.29 is 9.90 Å². The van der Waals surface area contributed by atoms with Gasteiger partial charge in [0.2, 0.25) is 0 Å². The van der Waals surface area contributed by atoms with Crippen molar-refractivity contribution in [1.82, 2.24) is 4.98 Å². The molecule has 0 saturated heterocycles. The van der Waals surface area contributed by atoms with Gasteiger partial charge < -0.3 is 10.8 Å². The lowest BCUT2D eigenvalue weighted by Gasteiger charge is -2.09. The molecule has 3 aromatic rings. The van der Waals surface area contributed by atoms with E-state index in [9.17, 15) is 4.79 Å². The summed E-state index contributed by atoms with van der Waals surface area (Å²) in [6, 6.07) is 15.9. The molecule has 5 heteroatoms. The van der Waals surface area contributed by atoms with Crippen molar-refractivity contribution in [3.8, 4) is 22.3 Å². The molecule has 0 amide bonds. The molecule has 23 heavy (non-hydrogen) atoms. The van der Waals surface area contributed by atoms with E-state index < -0.39 is 5.97 Å². The van der Waals surface area contributed by atoms with E-state index in [1.807, 2.05) is 24.3 Å². The Morgan fingerprint density at radius 1 is 1.00 bits per heavy atom. The van der Waals surface area contributed by atoms with E-state index in [4.69, 9.17) is 22.4 Å². The van der Waals surface area contributed by atoms with Gasteiger partial charge in [0.25, 0.3) is 0 Å². The maximum absolute atomic E-state index is 11.1. The van der Waals surface area contributed by atoms with Gasteiger partial charge >= 0.3 is 5.97 Å². The molecule has 0 unspecified atom stereocenters. The first kappa shape index (κ1) is 15.1. The highest BCUT2D eigenvalue weighted by molar-refractivity contribution is 6.30. The van der Waals surface area contributed by atoms with Crippen molar-refractivity contribution in [2.45, 2.75) is 0 Å². The Balaban J connectivity index is 2.08. The average Bonchev–Trinajstić information content (AvgIpc) is 2.56. The van der Waals surface area contributed by atoms with Gasteiger partial charge in [-0.15, -0.1) is 0 Å². The summed E-state index contributed by atoms with van der Waals surface area (Å²) in [6.07, 6.45) is 1.63.